The van der Waals surface area contributed by atoms with E-state index in [1.54, 1.807) is 0 Å². The smallest absolute Gasteiger partial charge is 0.290 e. The van der Waals surface area contributed by atoms with E-state index < -0.39 is 24.2 Å². The quantitative estimate of drug-likeness (QED) is 0.0581. The molecule has 0 spiro atoms. The molecule has 0 bridgehead atoms. The summed E-state index contributed by atoms with van der Waals surface area (Å²) >= 11 is 7.89. The molecule has 1 fully saturated rings. The third-order valence-electron chi connectivity index (χ3n) is 8.73. The van der Waals surface area contributed by atoms with Crippen molar-refractivity contribution < 1.29 is 39.7 Å². The lowest BCUT2D eigenvalue weighted by atomic mass is 10.0. The fourth-order valence-corrected chi connectivity index (χ4v) is 6.52. The molecule has 3 atom stereocenters. The Hall–Kier alpha value is -3.71. The number of nitrogens with zero attached hydrogens (tertiary/aromatic N) is 7. The molecule has 4 heterocycles. The second-order valence-electron chi connectivity index (χ2n) is 11.7. The standard InChI is InChI=1S/C31H42BrN9O5.CH3Cl.CH2O2/c1-3-39-22-6-5-19(13-23(22)40(4-2)27(39)16-35-31(46)28-30(33)34-15-26(32)37-28)20-14-36-41(17-20)21-7-10-38(11-8-21)18-25(44)29(45)24(43)9-12-42;1-2;2-1-3/h5-6,13-15,17,21,24-25,29,42-45H,3-4,7-12,16,18H2,1-2H3,(H2-,33,34,35,46);1H3;1H,(H,2,3)/p+1. The van der Waals surface area contributed by atoms with Crippen molar-refractivity contribution in [2.45, 2.75) is 77.1 Å². The number of nitrogens with one attached hydrogen (secondary N) is 1. The number of amides is 1. The van der Waals surface area contributed by atoms with E-state index in [4.69, 9.17) is 25.8 Å². The number of aliphatic hydroxyl groups is 4. The number of fused-ring (bicyclic) bond motifs is 1. The number of nitrogens with two attached hydrogens (primary N) is 1. The molecule has 5 rings (SSSR count). The maximum atomic E-state index is 12.9. The first kappa shape index (κ1) is 41.7. The number of imidazole rings is 1. The van der Waals surface area contributed by atoms with Crippen molar-refractivity contribution in [2.75, 3.05) is 38.4 Å². The summed E-state index contributed by atoms with van der Waals surface area (Å²) in [6.45, 7) is 7.09. The van der Waals surface area contributed by atoms with Gasteiger partial charge >= 0.3 is 0 Å². The average Bonchev–Trinajstić information content (AvgIpc) is 3.75. The second kappa shape index (κ2) is 20.4. The summed E-state index contributed by atoms with van der Waals surface area (Å²) in [5.41, 5.74) is 10.1. The van der Waals surface area contributed by atoms with Gasteiger partial charge in [-0.25, -0.2) is 19.1 Å². The van der Waals surface area contributed by atoms with Gasteiger partial charge in [0.2, 0.25) is 0 Å². The van der Waals surface area contributed by atoms with Gasteiger partial charge in [-0.2, -0.15) is 5.10 Å². The van der Waals surface area contributed by atoms with Crippen LogP contribution in [0, 0.1) is 0 Å². The Kier molecular flexibility index (Phi) is 16.7. The van der Waals surface area contributed by atoms with E-state index in [1.165, 1.54) is 12.6 Å². The number of carboxylic acid groups (broad SMARTS) is 1. The highest BCUT2D eigenvalue weighted by Crippen LogP contribution is 2.28. The number of benzene rings is 1. The fourth-order valence-electron chi connectivity index (χ4n) is 6.24. The van der Waals surface area contributed by atoms with Crippen molar-refractivity contribution in [1.29, 1.82) is 0 Å². The molecular formula is C33H48BrClN9O7+. The molecule has 1 saturated heterocycles. The van der Waals surface area contributed by atoms with Crippen molar-refractivity contribution in [2.24, 2.45) is 0 Å². The Morgan fingerprint density at radius 3 is 2.47 bits per heavy atom. The maximum absolute atomic E-state index is 12.9. The van der Waals surface area contributed by atoms with Gasteiger partial charge in [0, 0.05) is 44.4 Å². The number of likely N-dealkylation sites (tertiary alicyclic amines) is 1. The predicted molar refractivity (Wildman–Crippen MR) is 195 cm³/mol. The Bertz CT molecular complexity index is 1720. The third-order valence-corrected chi connectivity index (χ3v) is 9.11. The number of β-amino-alcohol motifs (C(OH)–C–C–N with tert-alkyl or cyclic N) is 1. The molecule has 1 aromatic carbocycles. The van der Waals surface area contributed by atoms with E-state index in [9.17, 15) is 20.1 Å². The van der Waals surface area contributed by atoms with Crippen molar-refractivity contribution in [3.63, 3.8) is 0 Å². The number of halogens is 2. The predicted octanol–water partition coefficient (Wildman–Crippen LogP) is 1.55. The van der Waals surface area contributed by atoms with Crippen LogP contribution in [0.25, 0.3) is 22.2 Å². The molecule has 1 amide bonds. The Morgan fingerprint density at radius 2 is 1.84 bits per heavy atom. The lowest BCUT2D eigenvalue weighted by Gasteiger charge is -2.34. The van der Waals surface area contributed by atoms with Crippen LogP contribution in [0.5, 0.6) is 0 Å². The summed E-state index contributed by atoms with van der Waals surface area (Å²) in [6, 6.07) is 6.57. The van der Waals surface area contributed by atoms with Crippen LogP contribution in [0.4, 0.5) is 5.82 Å². The van der Waals surface area contributed by atoms with E-state index in [0.717, 1.165) is 60.5 Å². The van der Waals surface area contributed by atoms with Gasteiger partial charge in [-0.05, 0) is 72.8 Å². The second-order valence-corrected chi connectivity index (χ2v) is 12.5. The molecular weight excluding hydrogens is 750 g/mol. The molecule has 0 aliphatic carbocycles. The van der Waals surface area contributed by atoms with Crippen molar-refractivity contribution >= 4 is 56.8 Å². The molecule has 3 unspecified atom stereocenters. The van der Waals surface area contributed by atoms with Gasteiger partial charge in [0.25, 0.3) is 18.2 Å². The minimum Gasteiger partial charge on any atom is -0.483 e. The molecule has 51 heavy (non-hydrogen) atoms. The van der Waals surface area contributed by atoms with E-state index in [2.05, 4.69) is 95.1 Å². The Morgan fingerprint density at radius 1 is 1.16 bits per heavy atom. The lowest BCUT2D eigenvalue weighted by molar-refractivity contribution is -0.676. The van der Waals surface area contributed by atoms with Crippen LogP contribution in [-0.4, -0.2) is 118 Å². The normalized spacial score (nSPS) is 15.2. The number of aryl methyl sites for hydroxylation is 2. The fraction of sp³-hybridized carbons (Fsp3) is 0.515. The highest BCUT2D eigenvalue weighted by atomic mass is 79.9. The monoisotopic (exact) mass is 796 g/mol. The van der Waals surface area contributed by atoms with Crippen molar-refractivity contribution in [1.82, 2.24) is 34.5 Å². The Labute approximate surface area is 309 Å². The van der Waals surface area contributed by atoms with Crippen LogP contribution in [0.2, 0.25) is 0 Å². The highest BCUT2D eigenvalue weighted by molar-refractivity contribution is 9.10. The Balaban J connectivity index is 0.00000133. The number of carbonyl (C=O) groups excluding carboxylic acids is 1. The number of hydrogen-bond acceptors (Lipinski definition) is 11. The number of anilines is 1. The van der Waals surface area contributed by atoms with Crippen LogP contribution in [0.1, 0.15) is 55.5 Å². The summed E-state index contributed by atoms with van der Waals surface area (Å²) in [5.74, 6) is 0.627. The van der Waals surface area contributed by atoms with Gasteiger partial charge in [0.1, 0.15) is 17.3 Å². The molecule has 18 heteroatoms. The van der Waals surface area contributed by atoms with Crippen molar-refractivity contribution in [3.8, 4) is 11.1 Å². The van der Waals surface area contributed by atoms with E-state index in [1.807, 2.05) is 10.9 Å². The summed E-state index contributed by atoms with van der Waals surface area (Å²) in [6.07, 6.45) is 5.04. The van der Waals surface area contributed by atoms with Crippen LogP contribution in [0.3, 0.4) is 0 Å². The zero-order valence-electron chi connectivity index (χ0n) is 28.9. The van der Waals surface area contributed by atoms with Crippen LogP contribution in [0.15, 0.2) is 41.4 Å². The number of hydrogen-bond donors (Lipinski definition) is 7. The van der Waals surface area contributed by atoms with Gasteiger partial charge in [0.05, 0.1) is 43.7 Å². The van der Waals surface area contributed by atoms with E-state index in [-0.39, 0.29) is 50.1 Å². The van der Waals surface area contributed by atoms with Gasteiger partial charge in [-0.3, -0.25) is 14.3 Å². The molecule has 1 aliphatic heterocycles. The number of aliphatic hydroxyl groups excluding tert-OH is 4. The number of alkyl halides is 1. The highest BCUT2D eigenvalue weighted by Gasteiger charge is 2.29. The number of carbonyl (C=O) groups is 2. The first-order valence-corrected chi connectivity index (χ1v) is 18.1. The summed E-state index contributed by atoms with van der Waals surface area (Å²) < 4.78 is 6.84. The number of piperidine rings is 1. The summed E-state index contributed by atoms with van der Waals surface area (Å²) in [5, 5.41) is 53.9. The number of aromatic nitrogens is 6. The van der Waals surface area contributed by atoms with Crippen LogP contribution < -0.4 is 15.6 Å². The van der Waals surface area contributed by atoms with Gasteiger partial charge in [-0.1, -0.05) is 0 Å². The molecule has 280 valence electrons. The number of rotatable bonds is 13. The summed E-state index contributed by atoms with van der Waals surface area (Å²) in [4.78, 5) is 31.6. The average molecular weight is 798 g/mol. The maximum Gasteiger partial charge on any atom is 0.290 e. The first-order valence-electron chi connectivity index (χ1n) is 16.5. The van der Waals surface area contributed by atoms with Gasteiger partial charge < -0.3 is 41.5 Å². The zero-order valence-corrected chi connectivity index (χ0v) is 31.3. The lowest BCUT2D eigenvalue weighted by Crippen LogP contribution is -2.47. The molecule has 3 aromatic heterocycles. The van der Waals surface area contributed by atoms with Gasteiger partial charge in [-0.15, -0.1) is 11.6 Å². The molecule has 16 nitrogen and oxygen atoms in total. The first-order chi connectivity index (χ1) is 24.6. The van der Waals surface area contributed by atoms with E-state index >= 15 is 0 Å². The van der Waals surface area contributed by atoms with E-state index in [0.29, 0.717) is 11.1 Å². The molecule has 0 saturated carbocycles. The largest absolute Gasteiger partial charge is 0.483 e. The SMILES string of the molecule is CCl.CCn1c(CNC(=O)c2nc(Br)cnc2N)[n+](CC)c2ccc(-c3cnn(C4CCN(CC(O)C(O)C(O)CCO)CC4)c3)cc21.O=CO. The molecule has 4 aromatic rings. The molecule has 0 radical (unpaired) electrons. The number of nitrogen functional groups attached to an aromatic ring is 1. The van der Waals surface area contributed by atoms with Gasteiger partial charge in [0.15, 0.2) is 22.5 Å². The third kappa shape index (κ3) is 10.4. The topological polar surface area (TPSA) is 229 Å². The minimum atomic E-state index is -1.29. The molecule has 8 N–H and O–H groups in total. The van der Waals surface area contributed by atoms with Crippen LogP contribution >= 0.6 is 27.5 Å². The summed E-state index contributed by atoms with van der Waals surface area (Å²) in [7, 11) is 0. The zero-order chi connectivity index (χ0) is 37.7. The van der Waals surface area contributed by atoms with Crippen molar-refractivity contribution in [3.05, 3.63) is 52.9 Å². The minimum absolute atomic E-state index is 0.0241. The molecule has 1 aliphatic rings. The van der Waals surface area contributed by atoms with Crippen LogP contribution in [-0.2, 0) is 24.4 Å².